The molecule has 1 aliphatic rings. The molecule has 2 heterocycles. The molecule has 3 heteroatoms. The van der Waals surface area contributed by atoms with Crippen LogP contribution in [0.2, 0.25) is 0 Å². The van der Waals surface area contributed by atoms with E-state index in [1.54, 1.807) is 0 Å². The fraction of sp³-hybridized carbons (Fsp3) is 0.500. The SMILES string of the molecule is Cc1ccc(C#N)c(N2CC=C(C(C)(C)C)CC2)n1. The monoisotopic (exact) mass is 255 g/mol. The van der Waals surface area contributed by atoms with E-state index in [0.29, 0.717) is 5.56 Å². The molecule has 100 valence electrons. The third-order valence-electron chi connectivity index (χ3n) is 3.61. The number of nitriles is 1. The molecule has 0 bridgehead atoms. The maximum atomic E-state index is 9.19. The van der Waals surface area contributed by atoms with E-state index in [-0.39, 0.29) is 5.41 Å². The number of aromatic nitrogens is 1. The topological polar surface area (TPSA) is 39.9 Å². The summed E-state index contributed by atoms with van der Waals surface area (Å²) < 4.78 is 0. The van der Waals surface area contributed by atoms with Gasteiger partial charge in [0.05, 0.1) is 5.56 Å². The minimum atomic E-state index is 0.240. The predicted molar refractivity (Wildman–Crippen MR) is 78.1 cm³/mol. The third kappa shape index (κ3) is 2.96. The highest BCUT2D eigenvalue weighted by Gasteiger charge is 2.23. The minimum absolute atomic E-state index is 0.240. The first-order chi connectivity index (χ1) is 8.91. The molecule has 0 spiro atoms. The molecule has 0 unspecified atom stereocenters. The summed E-state index contributed by atoms with van der Waals surface area (Å²) in [7, 11) is 0. The van der Waals surface area contributed by atoms with Crippen molar-refractivity contribution in [3.05, 3.63) is 35.0 Å². The van der Waals surface area contributed by atoms with Crippen molar-refractivity contribution in [1.29, 1.82) is 5.26 Å². The highest BCUT2D eigenvalue weighted by atomic mass is 15.2. The Hall–Kier alpha value is -1.82. The van der Waals surface area contributed by atoms with Gasteiger partial charge in [-0.05, 0) is 30.9 Å². The van der Waals surface area contributed by atoms with E-state index in [4.69, 9.17) is 0 Å². The van der Waals surface area contributed by atoms with Gasteiger partial charge in [0, 0.05) is 18.8 Å². The summed E-state index contributed by atoms with van der Waals surface area (Å²) in [6.45, 7) is 10.5. The van der Waals surface area contributed by atoms with Crippen molar-refractivity contribution < 1.29 is 0 Å². The maximum Gasteiger partial charge on any atom is 0.147 e. The molecule has 0 fully saturated rings. The molecule has 0 saturated heterocycles. The molecular weight excluding hydrogens is 234 g/mol. The minimum Gasteiger partial charge on any atom is -0.351 e. The van der Waals surface area contributed by atoms with Crippen LogP contribution in [0, 0.1) is 23.7 Å². The second-order valence-corrected chi connectivity index (χ2v) is 6.11. The first-order valence-corrected chi connectivity index (χ1v) is 6.74. The Bertz CT molecular complexity index is 544. The molecule has 0 saturated carbocycles. The Labute approximate surface area is 115 Å². The summed E-state index contributed by atoms with van der Waals surface area (Å²) in [5.41, 5.74) is 3.36. The van der Waals surface area contributed by atoms with Gasteiger partial charge in [-0.3, -0.25) is 0 Å². The third-order valence-corrected chi connectivity index (χ3v) is 3.61. The van der Waals surface area contributed by atoms with Crippen LogP contribution >= 0.6 is 0 Å². The van der Waals surface area contributed by atoms with Crippen molar-refractivity contribution in [2.24, 2.45) is 5.41 Å². The molecular formula is C16H21N3. The smallest absolute Gasteiger partial charge is 0.147 e. The normalized spacial score (nSPS) is 15.9. The van der Waals surface area contributed by atoms with E-state index >= 15 is 0 Å². The van der Waals surface area contributed by atoms with Crippen LogP contribution in [0.5, 0.6) is 0 Å². The van der Waals surface area contributed by atoms with E-state index in [0.717, 1.165) is 31.0 Å². The Morgan fingerprint density at radius 1 is 1.32 bits per heavy atom. The largest absolute Gasteiger partial charge is 0.351 e. The lowest BCUT2D eigenvalue weighted by molar-refractivity contribution is 0.472. The number of hydrogen-bond acceptors (Lipinski definition) is 3. The number of anilines is 1. The van der Waals surface area contributed by atoms with Gasteiger partial charge in [0.1, 0.15) is 11.9 Å². The zero-order valence-corrected chi connectivity index (χ0v) is 12.2. The van der Waals surface area contributed by atoms with E-state index in [9.17, 15) is 5.26 Å². The molecule has 0 amide bonds. The van der Waals surface area contributed by atoms with Crippen molar-refractivity contribution in [2.45, 2.75) is 34.1 Å². The molecule has 0 aromatic carbocycles. The van der Waals surface area contributed by atoms with E-state index in [1.807, 2.05) is 19.1 Å². The van der Waals surface area contributed by atoms with Crippen LogP contribution in [0.3, 0.4) is 0 Å². The van der Waals surface area contributed by atoms with Crippen LogP contribution < -0.4 is 4.90 Å². The van der Waals surface area contributed by atoms with Gasteiger partial charge < -0.3 is 4.90 Å². The van der Waals surface area contributed by atoms with Crippen molar-refractivity contribution in [1.82, 2.24) is 4.98 Å². The summed E-state index contributed by atoms with van der Waals surface area (Å²) >= 11 is 0. The van der Waals surface area contributed by atoms with Crippen LogP contribution in [-0.2, 0) is 0 Å². The highest BCUT2D eigenvalue weighted by molar-refractivity contribution is 5.55. The first kappa shape index (κ1) is 13.6. The second kappa shape index (κ2) is 5.05. The quantitative estimate of drug-likeness (QED) is 0.722. The number of pyridine rings is 1. The van der Waals surface area contributed by atoms with Crippen molar-refractivity contribution in [2.75, 3.05) is 18.0 Å². The standard InChI is InChI=1S/C16H21N3/c1-12-5-6-13(11-17)15(18-12)19-9-7-14(8-10-19)16(2,3)4/h5-7H,8-10H2,1-4H3. The van der Waals surface area contributed by atoms with Gasteiger partial charge in [-0.1, -0.05) is 32.4 Å². The summed E-state index contributed by atoms with van der Waals surface area (Å²) in [6, 6.07) is 5.99. The molecule has 0 atom stereocenters. The van der Waals surface area contributed by atoms with Crippen LogP contribution in [0.15, 0.2) is 23.8 Å². The second-order valence-electron chi connectivity index (χ2n) is 6.11. The molecule has 0 N–H and O–H groups in total. The average molecular weight is 255 g/mol. The Kier molecular flexibility index (Phi) is 3.61. The van der Waals surface area contributed by atoms with E-state index < -0.39 is 0 Å². The van der Waals surface area contributed by atoms with Crippen molar-refractivity contribution >= 4 is 5.82 Å². The van der Waals surface area contributed by atoms with Gasteiger partial charge >= 0.3 is 0 Å². The van der Waals surface area contributed by atoms with Crippen LogP contribution in [0.25, 0.3) is 0 Å². The Morgan fingerprint density at radius 2 is 2.05 bits per heavy atom. The van der Waals surface area contributed by atoms with Gasteiger partial charge in [-0.15, -0.1) is 0 Å². The van der Waals surface area contributed by atoms with Crippen LogP contribution in [0.1, 0.15) is 38.4 Å². The average Bonchev–Trinajstić information content (AvgIpc) is 2.38. The van der Waals surface area contributed by atoms with Gasteiger partial charge in [0.25, 0.3) is 0 Å². The van der Waals surface area contributed by atoms with Gasteiger partial charge in [-0.25, -0.2) is 4.98 Å². The van der Waals surface area contributed by atoms with Gasteiger partial charge in [0.2, 0.25) is 0 Å². The summed E-state index contributed by atoms with van der Waals surface area (Å²) in [4.78, 5) is 6.72. The fourth-order valence-electron chi connectivity index (χ4n) is 2.41. The lowest BCUT2D eigenvalue weighted by atomic mass is 9.83. The van der Waals surface area contributed by atoms with Crippen molar-refractivity contribution in [3.63, 3.8) is 0 Å². The summed E-state index contributed by atoms with van der Waals surface area (Å²) in [6.07, 6.45) is 3.33. The molecule has 1 aliphatic heterocycles. The number of hydrogen-bond donors (Lipinski definition) is 0. The van der Waals surface area contributed by atoms with E-state index in [1.165, 1.54) is 5.57 Å². The number of rotatable bonds is 1. The number of aryl methyl sites for hydroxylation is 1. The molecule has 1 aromatic heterocycles. The van der Waals surface area contributed by atoms with E-state index in [2.05, 4.69) is 42.8 Å². The fourth-order valence-corrected chi connectivity index (χ4v) is 2.41. The zero-order valence-electron chi connectivity index (χ0n) is 12.2. The maximum absolute atomic E-state index is 9.19. The van der Waals surface area contributed by atoms with Crippen LogP contribution in [0.4, 0.5) is 5.82 Å². The summed E-state index contributed by atoms with van der Waals surface area (Å²) in [5, 5.41) is 9.19. The molecule has 0 aliphatic carbocycles. The highest BCUT2D eigenvalue weighted by Crippen LogP contribution is 2.31. The van der Waals surface area contributed by atoms with Gasteiger partial charge in [-0.2, -0.15) is 5.26 Å². The molecule has 2 rings (SSSR count). The predicted octanol–water partition coefficient (Wildman–Crippen LogP) is 3.44. The lowest BCUT2D eigenvalue weighted by Crippen LogP contribution is -2.32. The zero-order chi connectivity index (χ0) is 14.0. The molecule has 3 nitrogen and oxygen atoms in total. The summed E-state index contributed by atoms with van der Waals surface area (Å²) in [5.74, 6) is 0.826. The van der Waals surface area contributed by atoms with Crippen molar-refractivity contribution in [3.8, 4) is 6.07 Å². The Balaban J connectivity index is 2.25. The molecule has 0 radical (unpaired) electrons. The van der Waals surface area contributed by atoms with Crippen LogP contribution in [-0.4, -0.2) is 18.1 Å². The number of nitrogens with zero attached hydrogens (tertiary/aromatic N) is 3. The lowest BCUT2D eigenvalue weighted by Gasteiger charge is -2.33. The van der Waals surface area contributed by atoms with Gasteiger partial charge in [0.15, 0.2) is 0 Å². The molecule has 1 aromatic rings. The molecule has 19 heavy (non-hydrogen) atoms. The Morgan fingerprint density at radius 3 is 2.58 bits per heavy atom. The first-order valence-electron chi connectivity index (χ1n) is 6.74.